The van der Waals surface area contributed by atoms with E-state index in [0.29, 0.717) is 32.7 Å². The van der Waals surface area contributed by atoms with Crippen LogP contribution in [0.2, 0.25) is 10.0 Å². The summed E-state index contributed by atoms with van der Waals surface area (Å²) >= 11 is 12.1. The van der Waals surface area contributed by atoms with E-state index in [2.05, 4.69) is 20.7 Å². The molecule has 0 aliphatic heterocycles. The van der Waals surface area contributed by atoms with E-state index >= 15 is 0 Å². The zero-order valence-corrected chi connectivity index (χ0v) is 15.3. The van der Waals surface area contributed by atoms with Crippen LogP contribution in [0.5, 0.6) is 0 Å². The fraction of sp³-hybridized carbons (Fsp3) is 0.0556. The lowest BCUT2D eigenvalue weighted by molar-refractivity contribution is 0.0950. The molecule has 8 heteroatoms. The van der Waals surface area contributed by atoms with Crippen molar-refractivity contribution >= 4 is 40.5 Å². The molecule has 0 saturated carbocycles. The van der Waals surface area contributed by atoms with Gasteiger partial charge in [-0.3, -0.25) is 9.89 Å². The molecule has 0 radical (unpaired) electrons. The minimum absolute atomic E-state index is 0.264. The smallest absolute Gasteiger partial charge is 0.289 e. The highest BCUT2D eigenvalue weighted by molar-refractivity contribution is 6.36. The van der Waals surface area contributed by atoms with Crippen LogP contribution in [0, 0.1) is 0 Å². The third-order valence-corrected chi connectivity index (χ3v) is 4.23. The molecule has 4 N–H and O–H groups in total. The maximum Gasteiger partial charge on any atom is 0.289 e. The lowest BCUT2D eigenvalue weighted by atomic mass is 10.1. The maximum atomic E-state index is 12.3. The fourth-order valence-corrected chi connectivity index (χ4v) is 2.76. The minimum Gasteiger partial charge on any atom is -0.399 e. The van der Waals surface area contributed by atoms with Crippen LogP contribution in [0.4, 0.5) is 5.69 Å². The molecule has 2 aromatic carbocycles. The van der Waals surface area contributed by atoms with Crippen LogP contribution in [0.25, 0.3) is 11.3 Å². The SMILES string of the molecule is C/C(=N/NC(=O)c1cc(-c2ccc(Cl)cc2Cl)n[nH]1)c1ccc(N)cc1. The first kappa shape index (κ1) is 18.0. The number of nitrogens with zero attached hydrogens (tertiary/aromatic N) is 2. The van der Waals surface area contributed by atoms with Gasteiger partial charge in [0.15, 0.2) is 0 Å². The van der Waals surface area contributed by atoms with Gasteiger partial charge in [-0.25, -0.2) is 5.43 Å². The van der Waals surface area contributed by atoms with Gasteiger partial charge in [-0.15, -0.1) is 0 Å². The van der Waals surface area contributed by atoms with Crippen molar-refractivity contribution in [3.05, 3.63) is 69.8 Å². The number of hydrazone groups is 1. The Hall–Kier alpha value is -2.83. The molecule has 0 spiro atoms. The Morgan fingerprint density at radius 3 is 2.58 bits per heavy atom. The first-order valence-electron chi connectivity index (χ1n) is 7.65. The second-order valence-electron chi connectivity index (χ2n) is 5.55. The molecule has 0 unspecified atom stereocenters. The van der Waals surface area contributed by atoms with Crippen molar-refractivity contribution < 1.29 is 4.79 Å². The third-order valence-electron chi connectivity index (χ3n) is 3.68. The molecule has 0 atom stereocenters. The van der Waals surface area contributed by atoms with Crippen LogP contribution in [-0.2, 0) is 0 Å². The molecule has 6 nitrogen and oxygen atoms in total. The number of nitrogen functional groups attached to an aromatic ring is 1. The number of halogens is 2. The fourth-order valence-electron chi connectivity index (χ4n) is 2.26. The van der Waals surface area contributed by atoms with Crippen molar-refractivity contribution in [2.75, 3.05) is 5.73 Å². The van der Waals surface area contributed by atoms with Crippen molar-refractivity contribution in [1.82, 2.24) is 15.6 Å². The van der Waals surface area contributed by atoms with Gasteiger partial charge in [-0.05, 0) is 48.9 Å². The molecular formula is C18H15Cl2N5O. The van der Waals surface area contributed by atoms with Crippen molar-refractivity contribution in [2.45, 2.75) is 6.92 Å². The molecule has 0 fully saturated rings. The van der Waals surface area contributed by atoms with E-state index in [9.17, 15) is 4.79 Å². The Morgan fingerprint density at radius 2 is 1.88 bits per heavy atom. The van der Waals surface area contributed by atoms with E-state index < -0.39 is 5.91 Å². The predicted molar refractivity (Wildman–Crippen MR) is 105 cm³/mol. The van der Waals surface area contributed by atoms with Crippen molar-refractivity contribution in [1.29, 1.82) is 0 Å². The largest absolute Gasteiger partial charge is 0.399 e. The summed E-state index contributed by atoms with van der Waals surface area (Å²) in [6.45, 7) is 1.79. The first-order valence-corrected chi connectivity index (χ1v) is 8.41. The molecule has 1 aromatic heterocycles. The molecule has 1 amide bonds. The zero-order chi connectivity index (χ0) is 18.7. The molecule has 0 saturated heterocycles. The Kier molecular flexibility index (Phi) is 5.25. The van der Waals surface area contributed by atoms with Crippen molar-refractivity contribution in [2.24, 2.45) is 5.10 Å². The predicted octanol–water partition coefficient (Wildman–Crippen LogP) is 4.12. The van der Waals surface area contributed by atoms with E-state index in [4.69, 9.17) is 28.9 Å². The number of hydrogen-bond donors (Lipinski definition) is 3. The topological polar surface area (TPSA) is 96.2 Å². The molecule has 3 rings (SSSR count). The highest BCUT2D eigenvalue weighted by Gasteiger charge is 2.13. The summed E-state index contributed by atoms with van der Waals surface area (Å²) in [5.41, 5.74) is 11.8. The van der Waals surface area contributed by atoms with E-state index in [1.807, 2.05) is 12.1 Å². The summed E-state index contributed by atoms with van der Waals surface area (Å²) in [6.07, 6.45) is 0. The summed E-state index contributed by atoms with van der Waals surface area (Å²) in [5.74, 6) is -0.413. The molecule has 0 bridgehead atoms. The van der Waals surface area contributed by atoms with Crippen LogP contribution in [0.15, 0.2) is 53.6 Å². The Bertz CT molecular complexity index is 980. The van der Waals surface area contributed by atoms with Crippen molar-refractivity contribution in [3.8, 4) is 11.3 Å². The number of amides is 1. The molecule has 132 valence electrons. The lowest BCUT2D eigenvalue weighted by Gasteiger charge is -2.02. The Balaban J connectivity index is 1.74. The maximum absolute atomic E-state index is 12.3. The molecule has 3 aromatic rings. The Morgan fingerprint density at radius 1 is 1.15 bits per heavy atom. The number of H-pyrrole nitrogens is 1. The normalized spacial score (nSPS) is 11.4. The number of anilines is 1. The average molecular weight is 388 g/mol. The minimum atomic E-state index is -0.413. The van der Waals surface area contributed by atoms with Gasteiger partial charge in [0.25, 0.3) is 5.91 Å². The molecule has 26 heavy (non-hydrogen) atoms. The van der Waals surface area contributed by atoms with E-state index in [1.54, 1.807) is 43.3 Å². The van der Waals surface area contributed by atoms with Gasteiger partial charge in [0.2, 0.25) is 0 Å². The number of benzene rings is 2. The second-order valence-corrected chi connectivity index (χ2v) is 6.39. The number of nitrogens with two attached hydrogens (primary N) is 1. The summed E-state index contributed by atoms with van der Waals surface area (Å²) in [6, 6.07) is 13.9. The number of rotatable bonds is 4. The molecule has 0 aliphatic rings. The number of aromatic amines is 1. The van der Waals surface area contributed by atoms with Crippen LogP contribution in [0.1, 0.15) is 23.0 Å². The van der Waals surface area contributed by atoms with Gasteiger partial charge >= 0.3 is 0 Å². The van der Waals surface area contributed by atoms with Gasteiger partial charge in [0.1, 0.15) is 5.69 Å². The summed E-state index contributed by atoms with van der Waals surface area (Å²) in [5, 5.41) is 11.9. The molecule has 0 aliphatic carbocycles. The quantitative estimate of drug-likeness (QED) is 0.356. The molecular weight excluding hydrogens is 373 g/mol. The monoisotopic (exact) mass is 387 g/mol. The van der Waals surface area contributed by atoms with E-state index in [-0.39, 0.29) is 5.69 Å². The standard InChI is InChI=1S/C18H15Cl2N5O/c1-10(11-2-5-13(21)6-3-11)22-25-18(26)17-9-16(23-24-17)14-7-4-12(19)8-15(14)20/h2-9H,21H2,1H3,(H,23,24)(H,25,26)/b22-10-. The number of hydrogen-bond acceptors (Lipinski definition) is 4. The van der Waals surface area contributed by atoms with Gasteiger partial charge in [0.05, 0.1) is 16.4 Å². The van der Waals surface area contributed by atoms with Gasteiger partial charge < -0.3 is 5.73 Å². The van der Waals surface area contributed by atoms with Gasteiger partial charge in [-0.1, -0.05) is 35.3 Å². The van der Waals surface area contributed by atoms with Crippen LogP contribution in [-0.4, -0.2) is 21.8 Å². The number of nitrogens with one attached hydrogen (secondary N) is 2. The summed E-state index contributed by atoms with van der Waals surface area (Å²) < 4.78 is 0. The highest BCUT2D eigenvalue weighted by Crippen LogP contribution is 2.29. The molecule has 1 heterocycles. The highest BCUT2D eigenvalue weighted by atomic mass is 35.5. The van der Waals surface area contributed by atoms with Gasteiger partial charge in [0, 0.05) is 16.3 Å². The lowest BCUT2D eigenvalue weighted by Crippen LogP contribution is -2.19. The number of carbonyl (C=O) groups is 1. The van der Waals surface area contributed by atoms with Crippen LogP contribution in [0.3, 0.4) is 0 Å². The zero-order valence-electron chi connectivity index (χ0n) is 13.8. The summed E-state index contributed by atoms with van der Waals surface area (Å²) in [7, 11) is 0. The van der Waals surface area contributed by atoms with E-state index in [0.717, 1.165) is 5.56 Å². The van der Waals surface area contributed by atoms with Crippen LogP contribution < -0.4 is 11.2 Å². The first-order chi connectivity index (χ1) is 12.4. The van der Waals surface area contributed by atoms with Crippen molar-refractivity contribution in [3.63, 3.8) is 0 Å². The second kappa shape index (κ2) is 7.59. The summed E-state index contributed by atoms with van der Waals surface area (Å²) in [4.78, 5) is 12.3. The average Bonchev–Trinajstić information content (AvgIpc) is 3.10. The third kappa shape index (κ3) is 4.04. The van der Waals surface area contributed by atoms with E-state index in [1.165, 1.54) is 0 Å². The van der Waals surface area contributed by atoms with Gasteiger partial charge in [-0.2, -0.15) is 10.2 Å². The number of aromatic nitrogens is 2. The van der Waals surface area contributed by atoms with Crippen LogP contribution >= 0.6 is 23.2 Å². The number of carbonyl (C=O) groups excluding carboxylic acids is 1. The Labute approximate surface area is 160 Å².